The average Bonchev–Trinajstić information content (AvgIpc) is 2.56. The van der Waals surface area contributed by atoms with Crippen molar-refractivity contribution in [2.45, 2.75) is 6.92 Å². The van der Waals surface area contributed by atoms with E-state index in [0.29, 0.717) is 31.2 Å². The van der Waals surface area contributed by atoms with Gasteiger partial charge in [0, 0.05) is 13.2 Å². The van der Waals surface area contributed by atoms with Gasteiger partial charge in [-0.2, -0.15) is 0 Å². The van der Waals surface area contributed by atoms with Gasteiger partial charge in [-0.05, 0) is 31.2 Å². The van der Waals surface area contributed by atoms with Gasteiger partial charge in [-0.3, -0.25) is 4.79 Å². The number of amides is 1. The molecule has 0 radical (unpaired) electrons. The minimum Gasteiger partial charge on any atom is -0.492 e. The van der Waals surface area contributed by atoms with Crippen LogP contribution in [0.1, 0.15) is 17.3 Å². The minimum absolute atomic E-state index is 0.131. The third-order valence-electron chi connectivity index (χ3n) is 3.07. The monoisotopic (exact) mass is 300 g/mol. The number of pyridine rings is 1. The number of carbonyl (C=O) groups excluding carboxylic acids is 1. The maximum Gasteiger partial charge on any atom is 0.259 e. The Hall–Kier alpha value is -2.56. The molecule has 0 N–H and O–H groups in total. The molecule has 2 rings (SSSR count). The summed E-state index contributed by atoms with van der Waals surface area (Å²) < 4.78 is 11.0. The highest BCUT2D eigenvalue weighted by Gasteiger charge is 2.17. The number of carbonyl (C=O) groups is 1. The first-order valence-corrected chi connectivity index (χ1v) is 7.23. The van der Waals surface area contributed by atoms with E-state index in [4.69, 9.17) is 9.47 Å². The SMILES string of the molecule is CCOc1ncccc1C(=O)N(C)CCOc1ccccc1. The summed E-state index contributed by atoms with van der Waals surface area (Å²) in [5, 5.41) is 0. The highest BCUT2D eigenvalue weighted by atomic mass is 16.5. The van der Waals surface area contributed by atoms with Crippen LogP contribution in [-0.2, 0) is 0 Å². The lowest BCUT2D eigenvalue weighted by Gasteiger charge is -2.18. The highest BCUT2D eigenvalue weighted by molar-refractivity contribution is 5.96. The van der Waals surface area contributed by atoms with Crippen LogP contribution in [0, 0.1) is 0 Å². The third kappa shape index (κ3) is 4.22. The molecular weight excluding hydrogens is 280 g/mol. The smallest absolute Gasteiger partial charge is 0.259 e. The Morgan fingerprint density at radius 2 is 1.91 bits per heavy atom. The van der Waals surface area contributed by atoms with Crippen molar-refractivity contribution in [3.63, 3.8) is 0 Å². The summed E-state index contributed by atoms with van der Waals surface area (Å²) in [6.07, 6.45) is 1.61. The number of aromatic nitrogens is 1. The Kier molecular flexibility index (Phi) is 5.77. The standard InChI is InChI=1S/C17H20N2O3/c1-3-21-16-15(10-7-11-18-16)17(20)19(2)12-13-22-14-8-5-4-6-9-14/h4-11H,3,12-13H2,1-2H3. The topological polar surface area (TPSA) is 51.7 Å². The molecule has 1 heterocycles. The zero-order chi connectivity index (χ0) is 15.8. The number of rotatable bonds is 7. The molecule has 0 saturated heterocycles. The van der Waals surface area contributed by atoms with Gasteiger partial charge in [0.1, 0.15) is 17.9 Å². The summed E-state index contributed by atoms with van der Waals surface area (Å²) in [6.45, 7) is 3.24. The number of para-hydroxylation sites is 1. The summed E-state index contributed by atoms with van der Waals surface area (Å²) in [7, 11) is 1.74. The number of likely N-dealkylation sites (N-methyl/N-ethyl adjacent to an activating group) is 1. The Balaban J connectivity index is 1.92. The van der Waals surface area contributed by atoms with Crippen molar-refractivity contribution in [3.05, 3.63) is 54.2 Å². The van der Waals surface area contributed by atoms with Gasteiger partial charge in [0.05, 0.1) is 13.2 Å². The first-order valence-electron chi connectivity index (χ1n) is 7.23. The molecular formula is C17H20N2O3. The molecule has 0 atom stereocenters. The molecule has 0 aliphatic carbocycles. The predicted molar refractivity (Wildman–Crippen MR) is 84.3 cm³/mol. The van der Waals surface area contributed by atoms with Crippen LogP contribution in [0.3, 0.4) is 0 Å². The van der Waals surface area contributed by atoms with Gasteiger partial charge in [-0.25, -0.2) is 4.98 Å². The Morgan fingerprint density at radius 1 is 1.14 bits per heavy atom. The second kappa shape index (κ2) is 8.02. The van der Waals surface area contributed by atoms with E-state index in [1.165, 1.54) is 0 Å². The van der Waals surface area contributed by atoms with E-state index < -0.39 is 0 Å². The molecule has 1 aromatic heterocycles. The quantitative estimate of drug-likeness (QED) is 0.789. The summed E-state index contributed by atoms with van der Waals surface area (Å²) in [4.78, 5) is 18.1. The Bertz CT molecular complexity index is 602. The van der Waals surface area contributed by atoms with E-state index in [-0.39, 0.29) is 5.91 Å². The summed E-state index contributed by atoms with van der Waals surface area (Å²) in [6, 6.07) is 13.0. The number of nitrogens with zero attached hydrogens (tertiary/aromatic N) is 2. The van der Waals surface area contributed by atoms with Crippen molar-refractivity contribution in [2.75, 3.05) is 26.8 Å². The molecule has 0 aliphatic heterocycles. The fraction of sp³-hybridized carbons (Fsp3) is 0.294. The van der Waals surface area contributed by atoms with Gasteiger partial charge in [0.15, 0.2) is 0 Å². The first-order chi connectivity index (χ1) is 10.7. The summed E-state index contributed by atoms with van der Waals surface area (Å²) in [5.74, 6) is 1.03. The zero-order valence-corrected chi connectivity index (χ0v) is 12.9. The molecule has 0 spiro atoms. The van der Waals surface area contributed by atoms with Crippen molar-refractivity contribution in [1.29, 1.82) is 0 Å². The molecule has 2 aromatic rings. The average molecular weight is 300 g/mol. The van der Waals surface area contributed by atoms with Gasteiger partial charge in [0.25, 0.3) is 5.91 Å². The molecule has 116 valence electrons. The highest BCUT2D eigenvalue weighted by Crippen LogP contribution is 2.16. The molecule has 5 nitrogen and oxygen atoms in total. The van der Waals surface area contributed by atoms with Crippen molar-refractivity contribution in [1.82, 2.24) is 9.88 Å². The van der Waals surface area contributed by atoms with Gasteiger partial charge < -0.3 is 14.4 Å². The van der Waals surface area contributed by atoms with E-state index >= 15 is 0 Å². The number of ether oxygens (including phenoxy) is 2. The van der Waals surface area contributed by atoms with Crippen LogP contribution in [0.15, 0.2) is 48.7 Å². The van der Waals surface area contributed by atoms with Gasteiger partial charge in [0.2, 0.25) is 5.88 Å². The number of hydrogen-bond donors (Lipinski definition) is 0. The molecule has 22 heavy (non-hydrogen) atoms. The predicted octanol–water partition coefficient (Wildman–Crippen LogP) is 2.63. The fourth-order valence-electron chi connectivity index (χ4n) is 1.93. The van der Waals surface area contributed by atoms with Crippen LogP contribution in [0.5, 0.6) is 11.6 Å². The fourth-order valence-corrected chi connectivity index (χ4v) is 1.93. The van der Waals surface area contributed by atoms with Crippen molar-refractivity contribution in [3.8, 4) is 11.6 Å². The van der Waals surface area contributed by atoms with Crippen molar-refractivity contribution >= 4 is 5.91 Å². The second-order valence-corrected chi connectivity index (χ2v) is 4.68. The Labute approximate surface area is 130 Å². The molecule has 5 heteroatoms. The second-order valence-electron chi connectivity index (χ2n) is 4.68. The largest absolute Gasteiger partial charge is 0.492 e. The van der Waals surface area contributed by atoms with Crippen LogP contribution in [0.25, 0.3) is 0 Å². The molecule has 0 aliphatic rings. The van der Waals surface area contributed by atoms with E-state index in [9.17, 15) is 4.79 Å². The lowest BCUT2D eigenvalue weighted by atomic mass is 10.2. The normalized spacial score (nSPS) is 10.1. The maximum atomic E-state index is 12.4. The molecule has 1 aromatic carbocycles. The first kappa shape index (κ1) is 15.8. The summed E-state index contributed by atoms with van der Waals surface area (Å²) in [5.41, 5.74) is 0.464. The molecule has 1 amide bonds. The van der Waals surface area contributed by atoms with E-state index in [1.54, 1.807) is 30.3 Å². The van der Waals surface area contributed by atoms with Gasteiger partial charge >= 0.3 is 0 Å². The van der Waals surface area contributed by atoms with Crippen LogP contribution < -0.4 is 9.47 Å². The van der Waals surface area contributed by atoms with Crippen LogP contribution >= 0.6 is 0 Å². The summed E-state index contributed by atoms with van der Waals surface area (Å²) >= 11 is 0. The molecule has 0 fully saturated rings. The van der Waals surface area contributed by atoms with E-state index in [1.807, 2.05) is 37.3 Å². The van der Waals surface area contributed by atoms with Crippen LogP contribution in [0.2, 0.25) is 0 Å². The van der Waals surface area contributed by atoms with Gasteiger partial charge in [-0.1, -0.05) is 18.2 Å². The maximum absolute atomic E-state index is 12.4. The van der Waals surface area contributed by atoms with Crippen LogP contribution in [-0.4, -0.2) is 42.6 Å². The third-order valence-corrected chi connectivity index (χ3v) is 3.07. The van der Waals surface area contributed by atoms with Crippen molar-refractivity contribution in [2.24, 2.45) is 0 Å². The van der Waals surface area contributed by atoms with Gasteiger partial charge in [-0.15, -0.1) is 0 Å². The van der Waals surface area contributed by atoms with E-state index in [0.717, 1.165) is 5.75 Å². The molecule has 0 unspecified atom stereocenters. The molecule has 0 bridgehead atoms. The number of hydrogen-bond acceptors (Lipinski definition) is 4. The van der Waals surface area contributed by atoms with Crippen molar-refractivity contribution < 1.29 is 14.3 Å². The van der Waals surface area contributed by atoms with E-state index in [2.05, 4.69) is 4.98 Å². The lowest BCUT2D eigenvalue weighted by Crippen LogP contribution is -2.31. The minimum atomic E-state index is -0.131. The lowest BCUT2D eigenvalue weighted by molar-refractivity contribution is 0.0768. The Morgan fingerprint density at radius 3 is 2.64 bits per heavy atom. The molecule has 0 saturated carbocycles. The number of benzene rings is 1. The zero-order valence-electron chi connectivity index (χ0n) is 12.9. The van der Waals surface area contributed by atoms with Crippen LogP contribution in [0.4, 0.5) is 0 Å².